The molecule has 2 fully saturated rings. The lowest BCUT2D eigenvalue weighted by atomic mass is 9.97. The average molecular weight is 357 g/mol. The van der Waals surface area contributed by atoms with E-state index in [1.54, 1.807) is 4.90 Å². The molecule has 0 aromatic heterocycles. The van der Waals surface area contributed by atoms with Crippen molar-refractivity contribution in [2.24, 2.45) is 0 Å². The molecule has 2 unspecified atom stereocenters. The molecule has 0 aliphatic carbocycles. The van der Waals surface area contributed by atoms with Crippen molar-refractivity contribution in [1.29, 1.82) is 0 Å². The van der Waals surface area contributed by atoms with Gasteiger partial charge in [-0.25, -0.2) is 0 Å². The van der Waals surface area contributed by atoms with Gasteiger partial charge in [-0.05, 0) is 63.8 Å². The molecule has 2 heterocycles. The summed E-state index contributed by atoms with van der Waals surface area (Å²) in [6.07, 6.45) is 6.40. The maximum atomic E-state index is 12.3. The number of anilines is 1. The number of piperidine rings is 1. The number of hydrogen-bond donors (Lipinski definition) is 1. The summed E-state index contributed by atoms with van der Waals surface area (Å²) in [5.74, 6) is 0.132. The van der Waals surface area contributed by atoms with Crippen LogP contribution in [0, 0.1) is 0 Å². The Morgan fingerprint density at radius 3 is 2.42 bits per heavy atom. The molecule has 0 bridgehead atoms. The maximum Gasteiger partial charge on any atom is 0.251 e. The first kappa shape index (κ1) is 18.9. The Hall–Kier alpha value is -1.88. The quantitative estimate of drug-likeness (QED) is 0.796. The second kappa shape index (κ2) is 8.67. The third-order valence-corrected chi connectivity index (χ3v) is 5.77. The van der Waals surface area contributed by atoms with Crippen molar-refractivity contribution >= 4 is 17.5 Å². The van der Waals surface area contributed by atoms with Crippen LogP contribution in [0.1, 0.15) is 62.7 Å². The molecule has 1 aromatic rings. The number of nitrogens with one attached hydrogen (secondary N) is 1. The number of likely N-dealkylation sites (tertiary alicyclic amines) is 1. The molecule has 3 rings (SSSR count). The summed E-state index contributed by atoms with van der Waals surface area (Å²) in [6.45, 7) is 7.12. The number of nitrogens with zero attached hydrogens (tertiary/aromatic N) is 2. The first-order valence-electron chi connectivity index (χ1n) is 10.0. The normalized spacial score (nSPS) is 24.1. The lowest BCUT2D eigenvalue weighted by molar-refractivity contribution is -0.117. The monoisotopic (exact) mass is 357 g/mol. The number of rotatable bonds is 6. The Bertz CT molecular complexity index is 619. The van der Waals surface area contributed by atoms with Crippen molar-refractivity contribution in [2.45, 2.75) is 64.5 Å². The van der Waals surface area contributed by atoms with Gasteiger partial charge in [0.2, 0.25) is 5.91 Å². The molecule has 0 saturated carbocycles. The second-order valence-corrected chi connectivity index (χ2v) is 7.67. The molecule has 2 atom stereocenters. The smallest absolute Gasteiger partial charge is 0.251 e. The molecular formula is C21H31N3O2. The fraction of sp³-hybridized carbons (Fsp3) is 0.619. The second-order valence-electron chi connectivity index (χ2n) is 7.67. The average Bonchev–Trinajstić information content (AvgIpc) is 3.06. The first-order chi connectivity index (χ1) is 12.6. The van der Waals surface area contributed by atoms with Crippen LogP contribution in [-0.4, -0.2) is 48.4 Å². The number of carbonyl (C=O) groups is 2. The highest BCUT2D eigenvalue weighted by atomic mass is 16.2. The van der Waals surface area contributed by atoms with Crippen molar-refractivity contribution < 1.29 is 9.59 Å². The molecular weight excluding hydrogens is 326 g/mol. The summed E-state index contributed by atoms with van der Waals surface area (Å²) in [5, 5.41) is 3.02. The maximum absolute atomic E-state index is 12.3. The van der Waals surface area contributed by atoms with E-state index >= 15 is 0 Å². The number of amides is 2. The summed E-state index contributed by atoms with van der Waals surface area (Å²) in [7, 11) is 0. The van der Waals surface area contributed by atoms with E-state index in [1.165, 1.54) is 19.3 Å². The third kappa shape index (κ3) is 4.44. The Kier molecular flexibility index (Phi) is 6.30. The van der Waals surface area contributed by atoms with Gasteiger partial charge < -0.3 is 10.2 Å². The minimum absolute atomic E-state index is 0.0379. The van der Waals surface area contributed by atoms with Gasteiger partial charge >= 0.3 is 0 Å². The van der Waals surface area contributed by atoms with Gasteiger partial charge in [-0.15, -0.1) is 0 Å². The van der Waals surface area contributed by atoms with Gasteiger partial charge in [0.25, 0.3) is 5.91 Å². The van der Waals surface area contributed by atoms with Crippen molar-refractivity contribution in [3.63, 3.8) is 0 Å². The summed E-state index contributed by atoms with van der Waals surface area (Å²) in [4.78, 5) is 28.5. The zero-order valence-corrected chi connectivity index (χ0v) is 16.0. The molecule has 2 aliphatic rings. The van der Waals surface area contributed by atoms with Gasteiger partial charge in [-0.2, -0.15) is 0 Å². The van der Waals surface area contributed by atoms with E-state index in [2.05, 4.69) is 24.1 Å². The minimum Gasteiger partial charge on any atom is -0.352 e. The Morgan fingerprint density at radius 1 is 1.12 bits per heavy atom. The highest BCUT2D eigenvalue weighted by Gasteiger charge is 2.24. The zero-order chi connectivity index (χ0) is 18.5. The fourth-order valence-electron chi connectivity index (χ4n) is 4.20. The fourth-order valence-corrected chi connectivity index (χ4v) is 4.20. The summed E-state index contributed by atoms with van der Waals surface area (Å²) < 4.78 is 0. The molecule has 5 heteroatoms. The van der Waals surface area contributed by atoms with Crippen molar-refractivity contribution in [3.05, 3.63) is 29.8 Å². The minimum atomic E-state index is -0.0379. The molecule has 1 N–H and O–H groups in total. The molecule has 2 aliphatic heterocycles. The topological polar surface area (TPSA) is 52.7 Å². The van der Waals surface area contributed by atoms with Gasteiger partial charge in [0, 0.05) is 49.4 Å². The Labute approximate surface area is 156 Å². The first-order valence-corrected chi connectivity index (χ1v) is 10.0. The molecule has 26 heavy (non-hydrogen) atoms. The van der Waals surface area contributed by atoms with Crippen LogP contribution in [0.3, 0.4) is 0 Å². The van der Waals surface area contributed by atoms with Gasteiger partial charge in [0.15, 0.2) is 0 Å². The number of benzene rings is 1. The largest absolute Gasteiger partial charge is 0.352 e. The van der Waals surface area contributed by atoms with Crippen LogP contribution in [0.2, 0.25) is 0 Å². The molecule has 142 valence electrons. The summed E-state index contributed by atoms with van der Waals surface area (Å²) >= 11 is 0. The number of hydrogen-bond acceptors (Lipinski definition) is 3. The predicted molar refractivity (Wildman–Crippen MR) is 104 cm³/mol. The van der Waals surface area contributed by atoms with Gasteiger partial charge in [0.1, 0.15) is 0 Å². The predicted octanol–water partition coefficient (Wildman–Crippen LogP) is 3.20. The van der Waals surface area contributed by atoms with Crippen LogP contribution < -0.4 is 10.2 Å². The molecule has 2 amide bonds. The number of carbonyl (C=O) groups excluding carboxylic acids is 2. The Balaban J connectivity index is 1.44. The van der Waals surface area contributed by atoms with Crippen LogP contribution in [0.5, 0.6) is 0 Å². The van der Waals surface area contributed by atoms with Crippen LogP contribution >= 0.6 is 0 Å². The van der Waals surface area contributed by atoms with Crippen molar-refractivity contribution in [2.75, 3.05) is 24.5 Å². The Morgan fingerprint density at radius 2 is 1.81 bits per heavy atom. The molecule has 5 nitrogen and oxygen atoms in total. The molecule has 0 spiro atoms. The molecule has 1 aromatic carbocycles. The van der Waals surface area contributed by atoms with Crippen LogP contribution in [0.25, 0.3) is 0 Å². The van der Waals surface area contributed by atoms with Gasteiger partial charge in [-0.1, -0.05) is 6.42 Å². The SMILES string of the molecule is CC1CCCC(C)N1CCCNC(=O)c1ccc(N2CCCC2=O)cc1. The standard InChI is InChI=1S/C21H31N3O2/c1-16-6-3-7-17(2)23(16)15-5-13-22-21(26)18-9-11-19(12-10-18)24-14-4-8-20(24)25/h9-12,16-17H,3-8,13-15H2,1-2H3,(H,22,26). The van der Waals surface area contributed by atoms with Gasteiger partial charge in [0.05, 0.1) is 0 Å². The van der Waals surface area contributed by atoms with E-state index in [1.807, 2.05) is 24.3 Å². The molecule has 2 saturated heterocycles. The highest BCUT2D eigenvalue weighted by Crippen LogP contribution is 2.23. The van der Waals surface area contributed by atoms with Crippen LogP contribution in [-0.2, 0) is 4.79 Å². The summed E-state index contributed by atoms with van der Waals surface area (Å²) in [6, 6.07) is 8.66. The van der Waals surface area contributed by atoms with E-state index in [-0.39, 0.29) is 11.8 Å². The lowest BCUT2D eigenvalue weighted by Crippen LogP contribution is -2.44. The van der Waals surface area contributed by atoms with E-state index in [4.69, 9.17) is 0 Å². The third-order valence-electron chi connectivity index (χ3n) is 5.77. The van der Waals surface area contributed by atoms with Crippen molar-refractivity contribution in [3.8, 4) is 0 Å². The van der Waals surface area contributed by atoms with Crippen molar-refractivity contribution in [1.82, 2.24) is 10.2 Å². The van der Waals surface area contributed by atoms with Crippen LogP contribution in [0.15, 0.2) is 24.3 Å². The van der Waals surface area contributed by atoms with E-state index in [9.17, 15) is 9.59 Å². The lowest BCUT2D eigenvalue weighted by Gasteiger charge is -2.39. The zero-order valence-electron chi connectivity index (χ0n) is 16.0. The van der Waals surface area contributed by atoms with E-state index in [0.29, 0.717) is 30.6 Å². The van der Waals surface area contributed by atoms with E-state index < -0.39 is 0 Å². The highest BCUT2D eigenvalue weighted by molar-refractivity contribution is 5.97. The van der Waals surface area contributed by atoms with E-state index in [0.717, 1.165) is 31.6 Å². The molecule has 0 radical (unpaired) electrons. The summed E-state index contributed by atoms with van der Waals surface area (Å²) in [5.41, 5.74) is 1.54. The van der Waals surface area contributed by atoms with Gasteiger partial charge in [-0.3, -0.25) is 14.5 Å². The van der Waals surface area contributed by atoms with Crippen LogP contribution in [0.4, 0.5) is 5.69 Å².